The van der Waals surface area contributed by atoms with E-state index in [0.29, 0.717) is 25.7 Å². The molecule has 3 rings (SSSR count). The second-order valence-electron chi connectivity index (χ2n) is 6.72. The highest BCUT2D eigenvalue weighted by molar-refractivity contribution is 5.78. The first-order valence-corrected chi connectivity index (χ1v) is 9.17. The van der Waals surface area contributed by atoms with Crippen molar-refractivity contribution in [3.05, 3.63) is 54.0 Å². The Kier molecular flexibility index (Phi) is 6.81. The average Bonchev–Trinajstić information content (AvgIpc) is 3.34. The number of benzene rings is 1. The van der Waals surface area contributed by atoms with Crippen LogP contribution in [-0.4, -0.2) is 30.0 Å². The molecule has 0 aliphatic heterocycles. The molecular weight excluding hydrogens is 354 g/mol. The SMILES string of the molecule is O=C(CN(Cc1ccco1)C1CCCC1)NCc1ccc(OC(F)F)cc1. The number of halogens is 2. The average molecular weight is 378 g/mol. The van der Waals surface area contributed by atoms with Gasteiger partial charge in [0.05, 0.1) is 19.4 Å². The summed E-state index contributed by atoms with van der Waals surface area (Å²) < 4.78 is 34.1. The van der Waals surface area contributed by atoms with Crippen LogP contribution in [0.5, 0.6) is 5.75 Å². The van der Waals surface area contributed by atoms with Crippen LogP contribution in [0.1, 0.15) is 37.0 Å². The number of nitrogens with zero attached hydrogens (tertiary/aromatic N) is 1. The van der Waals surface area contributed by atoms with Crippen molar-refractivity contribution in [3.8, 4) is 5.75 Å². The van der Waals surface area contributed by atoms with Crippen LogP contribution in [-0.2, 0) is 17.9 Å². The third-order valence-corrected chi connectivity index (χ3v) is 4.77. The van der Waals surface area contributed by atoms with Crippen molar-refractivity contribution in [1.29, 1.82) is 0 Å². The number of ether oxygens (including phenoxy) is 1. The zero-order valence-electron chi connectivity index (χ0n) is 15.1. The van der Waals surface area contributed by atoms with Gasteiger partial charge < -0.3 is 14.5 Å². The van der Waals surface area contributed by atoms with Gasteiger partial charge in [0.2, 0.25) is 5.91 Å². The first-order valence-electron chi connectivity index (χ1n) is 9.17. The minimum absolute atomic E-state index is 0.0682. The molecule has 0 spiro atoms. The summed E-state index contributed by atoms with van der Waals surface area (Å²) in [4.78, 5) is 14.6. The second-order valence-corrected chi connectivity index (χ2v) is 6.72. The van der Waals surface area contributed by atoms with Crippen LogP contribution in [0, 0.1) is 0 Å². The van der Waals surface area contributed by atoms with Gasteiger partial charge in [0.15, 0.2) is 0 Å². The standard InChI is InChI=1S/C20H24F2N2O3/c21-20(22)27-17-9-7-15(8-10-17)12-23-19(25)14-24(16-4-1-2-5-16)13-18-6-3-11-26-18/h3,6-11,16,20H,1-2,4-5,12-14H2,(H,23,25). The highest BCUT2D eigenvalue weighted by Gasteiger charge is 2.25. The highest BCUT2D eigenvalue weighted by atomic mass is 19.3. The maximum absolute atomic E-state index is 12.4. The summed E-state index contributed by atoms with van der Waals surface area (Å²) in [6, 6.07) is 10.4. The van der Waals surface area contributed by atoms with E-state index in [0.717, 1.165) is 24.2 Å². The molecule has 1 heterocycles. The van der Waals surface area contributed by atoms with E-state index < -0.39 is 6.61 Å². The quantitative estimate of drug-likeness (QED) is 0.718. The summed E-state index contributed by atoms with van der Waals surface area (Å²) in [7, 11) is 0. The molecule has 0 unspecified atom stereocenters. The first kappa shape index (κ1) is 19.4. The van der Waals surface area contributed by atoms with Crippen LogP contribution in [0.25, 0.3) is 0 Å². The minimum Gasteiger partial charge on any atom is -0.468 e. The van der Waals surface area contributed by atoms with Gasteiger partial charge in [-0.05, 0) is 42.7 Å². The molecular formula is C20H24F2N2O3. The summed E-state index contributed by atoms with van der Waals surface area (Å²) in [5.41, 5.74) is 0.823. The zero-order valence-corrected chi connectivity index (χ0v) is 15.1. The Morgan fingerprint density at radius 3 is 2.59 bits per heavy atom. The fraction of sp³-hybridized carbons (Fsp3) is 0.450. The summed E-state index contributed by atoms with van der Waals surface area (Å²) in [6.45, 7) is -1.58. The monoisotopic (exact) mass is 378 g/mol. The number of carbonyl (C=O) groups excluding carboxylic acids is 1. The molecule has 1 aromatic heterocycles. The van der Waals surface area contributed by atoms with E-state index in [1.54, 1.807) is 18.4 Å². The molecule has 1 fully saturated rings. The van der Waals surface area contributed by atoms with Gasteiger partial charge in [0.25, 0.3) is 0 Å². The number of hydrogen-bond donors (Lipinski definition) is 1. The molecule has 0 bridgehead atoms. The third kappa shape index (κ3) is 6.06. The number of alkyl halides is 2. The number of rotatable bonds is 9. The van der Waals surface area contributed by atoms with E-state index in [4.69, 9.17) is 4.42 Å². The Bertz CT molecular complexity index is 699. The van der Waals surface area contributed by atoms with E-state index in [9.17, 15) is 13.6 Å². The normalized spacial score (nSPS) is 14.8. The van der Waals surface area contributed by atoms with Gasteiger partial charge in [0, 0.05) is 12.6 Å². The van der Waals surface area contributed by atoms with Crippen LogP contribution >= 0.6 is 0 Å². The number of nitrogens with one attached hydrogen (secondary N) is 1. The molecule has 0 radical (unpaired) electrons. The molecule has 1 aliphatic carbocycles. The predicted molar refractivity (Wildman–Crippen MR) is 96.3 cm³/mol. The molecule has 146 valence electrons. The Morgan fingerprint density at radius 1 is 1.22 bits per heavy atom. The number of amides is 1. The fourth-order valence-electron chi connectivity index (χ4n) is 3.42. The number of carbonyl (C=O) groups is 1. The van der Waals surface area contributed by atoms with E-state index in [2.05, 4.69) is 15.0 Å². The van der Waals surface area contributed by atoms with Gasteiger partial charge in [-0.15, -0.1) is 0 Å². The number of hydrogen-bond acceptors (Lipinski definition) is 4. The van der Waals surface area contributed by atoms with Gasteiger partial charge in [-0.1, -0.05) is 25.0 Å². The summed E-state index contributed by atoms with van der Waals surface area (Å²) >= 11 is 0. The van der Waals surface area contributed by atoms with Gasteiger partial charge in [-0.3, -0.25) is 9.69 Å². The summed E-state index contributed by atoms with van der Waals surface area (Å²) in [5, 5.41) is 2.89. The molecule has 0 saturated heterocycles. The first-order chi connectivity index (χ1) is 13.1. The molecule has 1 aliphatic rings. The van der Waals surface area contributed by atoms with Crippen LogP contribution in [0.15, 0.2) is 47.1 Å². The Morgan fingerprint density at radius 2 is 1.96 bits per heavy atom. The summed E-state index contributed by atoms with van der Waals surface area (Å²) in [5.74, 6) is 0.886. The lowest BCUT2D eigenvalue weighted by Crippen LogP contribution is -2.41. The van der Waals surface area contributed by atoms with Crippen molar-refractivity contribution in [2.75, 3.05) is 6.54 Å². The molecule has 5 nitrogen and oxygen atoms in total. The number of furan rings is 1. The lowest BCUT2D eigenvalue weighted by molar-refractivity contribution is -0.123. The van der Waals surface area contributed by atoms with E-state index in [1.165, 1.54) is 25.0 Å². The third-order valence-electron chi connectivity index (χ3n) is 4.77. The Hall–Kier alpha value is -2.41. The van der Waals surface area contributed by atoms with Crippen molar-refractivity contribution in [2.45, 2.75) is 51.4 Å². The van der Waals surface area contributed by atoms with E-state index >= 15 is 0 Å². The van der Waals surface area contributed by atoms with Crippen LogP contribution in [0.4, 0.5) is 8.78 Å². The van der Waals surface area contributed by atoms with Gasteiger partial charge >= 0.3 is 6.61 Å². The van der Waals surface area contributed by atoms with Crippen molar-refractivity contribution in [2.24, 2.45) is 0 Å². The highest BCUT2D eigenvalue weighted by Crippen LogP contribution is 2.25. The van der Waals surface area contributed by atoms with Gasteiger partial charge in [0.1, 0.15) is 11.5 Å². The molecule has 7 heteroatoms. The summed E-state index contributed by atoms with van der Waals surface area (Å²) in [6.07, 6.45) is 6.21. The molecule has 1 saturated carbocycles. The van der Waals surface area contributed by atoms with Crippen LogP contribution in [0.2, 0.25) is 0 Å². The largest absolute Gasteiger partial charge is 0.468 e. The Balaban J connectivity index is 1.51. The van der Waals surface area contributed by atoms with E-state index in [1.807, 2.05) is 12.1 Å². The molecule has 27 heavy (non-hydrogen) atoms. The lowest BCUT2D eigenvalue weighted by Gasteiger charge is -2.27. The van der Waals surface area contributed by atoms with Crippen LogP contribution < -0.4 is 10.1 Å². The fourth-order valence-corrected chi connectivity index (χ4v) is 3.42. The second kappa shape index (κ2) is 9.50. The maximum Gasteiger partial charge on any atom is 0.387 e. The van der Waals surface area contributed by atoms with Crippen molar-refractivity contribution in [3.63, 3.8) is 0 Å². The van der Waals surface area contributed by atoms with E-state index in [-0.39, 0.29) is 11.7 Å². The Labute approximate surface area is 157 Å². The van der Waals surface area contributed by atoms with Crippen molar-refractivity contribution >= 4 is 5.91 Å². The lowest BCUT2D eigenvalue weighted by atomic mass is 10.2. The predicted octanol–water partition coefficient (Wildman–Crippen LogP) is 3.94. The van der Waals surface area contributed by atoms with Gasteiger partial charge in [-0.2, -0.15) is 8.78 Å². The topological polar surface area (TPSA) is 54.7 Å². The van der Waals surface area contributed by atoms with Crippen molar-refractivity contribution < 1.29 is 22.7 Å². The minimum atomic E-state index is -2.84. The van der Waals surface area contributed by atoms with Crippen LogP contribution in [0.3, 0.4) is 0 Å². The smallest absolute Gasteiger partial charge is 0.387 e. The molecule has 0 atom stereocenters. The molecule has 1 aromatic carbocycles. The van der Waals surface area contributed by atoms with Crippen molar-refractivity contribution in [1.82, 2.24) is 10.2 Å². The maximum atomic E-state index is 12.4. The zero-order chi connectivity index (χ0) is 19.1. The molecule has 1 N–H and O–H groups in total. The molecule has 2 aromatic rings. The van der Waals surface area contributed by atoms with Gasteiger partial charge in [-0.25, -0.2) is 0 Å². The molecule has 1 amide bonds.